The molecule has 1 aliphatic heterocycles. The molecule has 0 bridgehead atoms. The summed E-state index contributed by atoms with van der Waals surface area (Å²) in [6.45, 7) is 2.97. The number of piperidine rings is 1. The number of nitrogens with two attached hydrogens (primary N) is 1. The molecule has 148 valence electrons. The van der Waals surface area contributed by atoms with Gasteiger partial charge in [-0.1, -0.05) is 30.3 Å². The molecule has 1 saturated heterocycles. The smallest absolute Gasteiger partial charge is 0.251 e. The zero-order valence-electron chi connectivity index (χ0n) is 16.0. The summed E-state index contributed by atoms with van der Waals surface area (Å²) in [5.74, 6) is -0.130. The van der Waals surface area contributed by atoms with Crippen molar-refractivity contribution in [2.45, 2.75) is 25.4 Å². The number of rotatable bonds is 8. The van der Waals surface area contributed by atoms with Gasteiger partial charge in [0.25, 0.3) is 5.91 Å². The van der Waals surface area contributed by atoms with Crippen LogP contribution in [0.5, 0.6) is 5.75 Å². The molecule has 0 spiro atoms. The third-order valence-electron chi connectivity index (χ3n) is 4.94. The Morgan fingerprint density at radius 2 is 1.71 bits per heavy atom. The first-order valence-electron chi connectivity index (χ1n) is 9.69. The van der Waals surface area contributed by atoms with Crippen LogP contribution in [0.3, 0.4) is 0 Å². The lowest BCUT2D eigenvalue weighted by atomic mass is 10.1. The first kappa shape index (κ1) is 19.9. The van der Waals surface area contributed by atoms with Crippen molar-refractivity contribution in [3.63, 3.8) is 0 Å². The minimum atomic E-state index is -0.566. The topological polar surface area (TPSA) is 84.7 Å². The summed E-state index contributed by atoms with van der Waals surface area (Å²) in [5.41, 5.74) is 6.88. The van der Waals surface area contributed by atoms with Gasteiger partial charge in [-0.05, 0) is 49.1 Å². The molecule has 0 unspecified atom stereocenters. The fourth-order valence-corrected chi connectivity index (χ4v) is 3.33. The van der Waals surface area contributed by atoms with Crippen LogP contribution in [-0.4, -0.2) is 49.0 Å². The molecule has 6 nitrogen and oxygen atoms in total. The van der Waals surface area contributed by atoms with E-state index in [0.29, 0.717) is 5.56 Å². The Kier molecular flexibility index (Phi) is 7.03. The number of amides is 2. The quantitative estimate of drug-likeness (QED) is 0.732. The highest BCUT2D eigenvalue weighted by molar-refractivity contribution is 5.96. The first-order chi connectivity index (χ1) is 13.6. The second kappa shape index (κ2) is 9.90. The Labute approximate surface area is 165 Å². The van der Waals surface area contributed by atoms with Crippen molar-refractivity contribution in [3.05, 3.63) is 65.7 Å². The second-order valence-corrected chi connectivity index (χ2v) is 7.07. The Balaban J connectivity index is 1.40. The average Bonchev–Trinajstić information content (AvgIpc) is 2.73. The third kappa shape index (κ3) is 6.09. The predicted octanol–water partition coefficient (Wildman–Crippen LogP) is 1.99. The third-order valence-corrected chi connectivity index (χ3v) is 4.94. The van der Waals surface area contributed by atoms with Gasteiger partial charge in [0, 0.05) is 25.2 Å². The van der Waals surface area contributed by atoms with E-state index >= 15 is 0 Å². The fourth-order valence-electron chi connectivity index (χ4n) is 3.33. The van der Waals surface area contributed by atoms with Gasteiger partial charge in [-0.3, -0.25) is 9.59 Å². The number of hydrogen-bond donors (Lipinski definition) is 2. The van der Waals surface area contributed by atoms with Crippen molar-refractivity contribution in [3.8, 4) is 5.75 Å². The maximum absolute atomic E-state index is 11.9. The normalized spacial score (nSPS) is 15.1. The van der Waals surface area contributed by atoms with Gasteiger partial charge in [-0.2, -0.15) is 0 Å². The van der Waals surface area contributed by atoms with Gasteiger partial charge in [0.1, 0.15) is 11.9 Å². The number of likely N-dealkylation sites (tertiary alicyclic amines) is 1. The summed E-state index contributed by atoms with van der Waals surface area (Å²) < 4.78 is 6.07. The zero-order valence-corrected chi connectivity index (χ0v) is 16.0. The van der Waals surface area contributed by atoms with Crippen molar-refractivity contribution >= 4 is 11.8 Å². The molecule has 0 aliphatic carbocycles. The van der Waals surface area contributed by atoms with Crippen molar-refractivity contribution in [2.24, 2.45) is 5.73 Å². The van der Waals surface area contributed by atoms with Gasteiger partial charge >= 0.3 is 0 Å². The van der Waals surface area contributed by atoms with E-state index in [0.717, 1.165) is 44.6 Å². The van der Waals surface area contributed by atoms with Crippen LogP contribution >= 0.6 is 0 Å². The maximum Gasteiger partial charge on any atom is 0.251 e. The molecule has 0 radical (unpaired) electrons. The van der Waals surface area contributed by atoms with Crippen LogP contribution in [0.25, 0.3) is 0 Å². The highest BCUT2D eigenvalue weighted by Gasteiger charge is 2.20. The van der Waals surface area contributed by atoms with E-state index in [9.17, 15) is 9.59 Å². The van der Waals surface area contributed by atoms with Crippen LogP contribution in [0.15, 0.2) is 54.6 Å². The SMILES string of the molecule is NC(=O)CNC(=O)c1ccc(OC2CCN(CCc3ccccc3)CC2)cc1. The number of nitrogens with zero attached hydrogens (tertiary/aromatic N) is 1. The molecule has 1 heterocycles. The van der Waals surface area contributed by atoms with E-state index in [1.807, 2.05) is 6.07 Å². The van der Waals surface area contributed by atoms with Crippen molar-refractivity contribution < 1.29 is 14.3 Å². The Bertz CT molecular complexity index is 769. The Hall–Kier alpha value is -2.86. The van der Waals surface area contributed by atoms with Gasteiger partial charge in [-0.15, -0.1) is 0 Å². The van der Waals surface area contributed by atoms with Crippen LogP contribution in [-0.2, 0) is 11.2 Å². The number of primary amides is 1. The minimum absolute atomic E-state index is 0.167. The van der Waals surface area contributed by atoms with E-state index in [4.69, 9.17) is 10.5 Å². The molecule has 0 aromatic heterocycles. The molecule has 2 aromatic carbocycles. The number of carbonyl (C=O) groups is 2. The number of ether oxygens (including phenoxy) is 1. The predicted molar refractivity (Wildman–Crippen MR) is 108 cm³/mol. The van der Waals surface area contributed by atoms with Gasteiger partial charge < -0.3 is 20.7 Å². The first-order valence-corrected chi connectivity index (χ1v) is 9.69. The molecule has 2 amide bonds. The molecule has 1 fully saturated rings. The summed E-state index contributed by atoms with van der Waals surface area (Å²) in [6, 6.07) is 17.5. The standard InChI is InChI=1S/C22H27N3O3/c23-21(26)16-24-22(27)18-6-8-19(9-7-18)28-20-11-14-25(15-12-20)13-10-17-4-2-1-3-5-17/h1-9,20H,10-16H2,(H2,23,26)(H,24,27). The number of hydrogen-bond acceptors (Lipinski definition) is 4. The van der Waals surface area contributed by atoms with E-state index in [2.05, 4.69) is 34.5 Å². The highest BCUT2D eigenvalue weighted by atomic mass is 16.5. The molecule has 6 heteroatoms. The van der Waals surface area contributed by atoms with Crippen molar-refractivity contribution in [1.29, 1.82) is 0 Å². The Morgan fingerprint density at radius 3 is 2.36 bits per heavy atom. The van der Waals surface area contributed by atoms with Crippen molar-refractivity contribution in [1.82, 2.24) is 10.2 Å². The van der Waals surface area contributed by atoms with Crippen molar-refractivity contribution in [2.75, 3.05) is 26.2 Å². The van der Waals surface area contributed by atoms with Gasteiger partial charge in [0.2, 0.25) is 5.91 Å². The van der Waals surface area contributed by atoms with E-state index < -0.39 is 5.91 Å². The molecule has 1 aliphatic rings. The maximum atomic E-state index is 11.9. The van der Waals surface area contributed by atoms with Crippen LogP contribution in [0.1, 0.15) is 28.8 Å². The summed E-state index contributed by atoms with van der Waals surface area (Å²) in [5, 5.41) is 2.47. The monoisotopic (exact) mass is 381 g/mol. The highest BCUT2D eigenvalue weighted by Crippen LogP contribution is 2.20. The van der Waals surface area contributed by atoms with Crippen LogP contribution in [0.4, 0.5) is 0 Å². The van der Waals surface area contributed by atoms with Gasteiger partial charge in [-0.25, -0.2) is 0 Å². The minimum Gasteiger partial charge on any atom is -0.490 e. The number of nitrogens with one attached hydrogen (secondary N) is 1. The summed E-state index contributed by atoms with van der Waals surface area (Å²) in [4.78, 5) is 25.1. The van der Waals surface area contributed by atoms with E-state index in [1.165, 1.54) is 5.56 Å². The molecule has 0 saturated carbocycles. The molecule has 28 heavy (non-hydrogen) atoms. The lowest BCUT2D eigenvalue weighted by Gasteiger charge is -2.32. The molecular weight excluding hydrogens is 354 g/mol. The molecule has 0 atom stereocenters. The van der Waals surface area contributed by atoms with E-state index in [1.54, 1.807) is 24.3 Å². The second-order valence-electron chi connectivity index (χ2n) is 7.07. The van der Waals surface area contributed by atoms with Crippen LogP contribution in [0.2, 0.25) is 0 Å². The lowest BCUT2D eigenvalue weighted by Crippen LogP contribution is -2.39. The molecule has 3 rings (SSSR count). The average molecular weight is 381 g/mol. The Morgan fingerprint density at radius 1 is 1.04 bits per heavy atom. The summed E-state index contributed by atoms with van der Waals surface area (Å²) in [6.07, 6.45) is 3.26. The van der Waals surface area contributed by atoms with E-state index in [-0.39, 0.29) is 18.6 Å². The molecular formula is C22H27N3O3. The zero-order chi connectivity index (χ0) is 19.8. The summed E-state index contributed by atoms with van der Waals surface area (Å²) >= 11 is 0. The molecule has 2 aromatic rings. The number of carbonyl (C=O) groups excluding carboxylic acids is 2. The van der Waals surface area contributed by atoms with Gasteiger partial charge in [0.15, 0.2) is 0 Å². The van der Waals surface area contributed by atoms with Crippen LogP contribution < -0.4 is 15.8 Å². The van der Waals surface area contributed by atoms with Crippen LogP contribution in [0, 0.1) is 0 Å². The fraction of sp³-hybridized carbons (Fsp3) is 0.364. The summed E-state index contributed by atoms with van der Waals surface area (Å²) in [7, 11) is 0. The molecule has 3 N–H and O–H groups in total. The largest absolute Gasteiger partial charge is 0.490 e. The van der Waals surface area contributed by atoms with Gasteiger partial charge in [0.05, 0.1) is 6.54 Å². The lowest BCUT2D eigenvalue weighted by molar-refractivity contribution is -0.117. The number of benzene rings is 2.